The topological polar surface area (TPSA) is 37.1 Å². The minimum atomic E-state index is 0. The van der Waals surface area contributed by atoms with E-state index in [4.69, 9.17) is 0 Å². The van der Waals surface area contributed by atoms with Crippen LogP contribution in [0, 0.1) is 0 Å². The van der Waals surface area contributed by atoms with Crippen LogP contribution >= 0.6 is 0 Å². The van der Waals surface area contributed by atoms with Crippen molar-refractivity contribution in [1.29, 1.82) is 0 Å². The van der Waals surface area contributed by atoms with Gasteiger partial charge >= 0.3 is 23.1 Å². The maximum absolute atomic E-state index is 4.59. The van der Waals surface area contributed by atoms with Gasteiger partial charge in [0.05, 0.1) is 41.3 Å². The first-order valence-corrected chi connectivity index (χ1v) is 8.91. The van der Waals surface area contributed by atoms with Gasteiger partial charge < -0.3 is 20.4 Å². The van der Waals surface area contributed by atoms with Crippen LogP contribution in [0.2, 0.25) is 0 Å². The molecule has 0 unspecified atom stereocenters. The van der Waals surface area contributed by atoms with Crippen LogP contribution in [-0.2, 0) is 0 Å². The second-order valence-electron chi connectivity index (χ2n) is 8.01. The number of hydrogen-bond donors (Lipinski definition) is 2. The molecule has 0 heterocycles. The Morgan fingerprint density at radius 1 is 0.652 bits per heavy atom. The van der Waals surface area contributed by atoms with E-state index in [-0.39, 0.29) is 34.1 Å². The van der Waals surface area contributed by atoms with E-state index in [0.29, 0.717) is 0 Å². The Bertz CT molecular complexity index is 227. The van der Waals surface area contributed by atoms with Gasteiger partial charge in [-0.1, -0.05) is 67.5 Å². The van der Waals surface area contributed by atoms with Gasteiger partial charge in [-0.05, 0) is 0 Å². The van der Waals surface area contributed by atoms with Crippen molar-refractivity contribution in [2.45, 2.75) is 65.5 Å². The van der Waals surface area contributed by atoms with Crippen molar-refractivity contribution >= 4 is 23.1 Å². The smallest absolute Gasteiger partial charge is 0.653 e. The third-order valence-corrected chi connectivity index (χ3v) is 4.03. The molecule has 0 atom stereocenters. The molecule has 0 radical (unpaired) electrons. The SMILES string of the molecule is CCC(C)(C)[N-]CC[NH+](C)C.CCC(C)(C)[N-]CC[NH+](C)C.[Mg+2]. The Labute approximate surface area is 163 Å². The molecule has 0 saturated carbocycles. The third kappa shape index (κ3) is 22.6. The Morgan fingerprint density at radius 2 is 0.913 bits per heavy atom. The molecule has 0 aliphatic rings. The van der Waals surface area contributed by atoms with Crippen molar-refractivity contribution in [3.05, 3.63) is 10.6 Å². The summed E-state index contributed by atoms with van der Waals surface area (Å²) >= 11 is 0. The first-order valence-electron chi connectivity index (χ1n) is 8.91. The maximum atomic E-state index is 4.59. The normalized spacial score (nSPS) is 12.0. The molecule has 2 N–H and O–H groups in total. The van der Waals surface area contributed by atoms with Crippen LogP contribution in [0.3, 0.4) is 0 Å². The van der Waals surface area contributed by atoms with E-state index in [1.165, 1.54) is 9.80 Å². The summed E-state index contributed by atoms with van der Waals surface area (Å²) in [7, 11) is 8.64. The number of nitrogens with one attached hydrogen (secondary N) is 2. The molecular formula is C18H44MgN4+2. The Morgan fingerprint density at radius 3 is 1.09 bits per heavy atom. The Kier molecular flexibility index (Phi) is 18.4. The van der Waals surface area contributed by atoms with Crippen molar-refractivity contribution in [3.8, 4) is 0 Å². The van der Waals surface area contributed by atoms with Gasteiger partial charge in [-0.3, -0.25) is 0 Å². The van der Waals surface area contributed by atoms with Crippen LogP contribution in [0.5, 0.6) is 0 Å². The molecule has 0 bridgehead atoms. The fourth-order valence-electron chi connectivity index (χ4n) is 1.39. The molecule has 5 heteroatoms. The first-order chi connectivity index (χ1) is 9.95. The largest absolute Gasteiger partial charge is 2.00 e. The van der Waals surface area contributed by atoms with Crippen molar-refractivity contribution in [2.75, 3.05) is 54.4 Å². The minimum Gasteiger partial charge on any atom is -0.653 e. The average molecular weight is 341 g/mol. The molecule has 0 saturated heterocycles. The third-order valence-electron chi connectivity index (χ3n) is 4.03. The van der Waals surface area contributed by atoms with E-state index in [2.05, 4.69) is 80.4 Å². The molecule has 0 aromatic heterocycles. The molecule has 0 spiro atoms. The van der Waals surface area contributed by atoms with E-state index in [0.717, 1.165) is 39.0 Å². The van der Waals surface area contributed by atoms with Crippen LogP contribution in [0.25, 0.3) is 10.6 Å². The maximum Gasteiger partial charge on any atom is 2.00 e. The number of rotatable bonds is 10. The zero-order valence-corrected chi connectivity index (χ0v) is 19.3. The Balaban J connectivity index is -0.000000333. The van der Waals surface area contributed by atoms with E-state index in [9.17, 15) is 0 Å². The van der Waals surface area contributed by atoms with Crippen molar-refractivity contribution in [3.63, 3.8) is 0 Å². The summed E-state index contributed by atoms with van der Waals surface area (Å²) in [6.45, 7) is 17.4. The van der Waals surface area contributed by atoms with E-state index in [1.807, 2.05) is 0 Å². The molecule has 0 aliphatic heterocycles. The van der Waals surface area contributed by atoms with Crippen LogP contribution in [0.4, 0.5) is 0 Å². The van der Waals surface area contributed by atoms with Gasteiger partial charge in [-0.15, -0.1) is 11.1 Å². The molecule has 0 amide bonds. The summed E-state index contributed by atoms with van der Waals surface area (Å²) in [6, 6.07) is 0. The molecule has 136 valence electrons. The number of hydrogen-bond acceptors (Lipinski definition) is 0. The second-order valence-corrected chi connectivity index (χ2v) is 8.01. The van der Waals surface area contributed by atoms with E-state index in [1.54, 1.807) is 0 Å². The molecular weight excluding hydrogens is 297 g/mol. The van der Waals surface area contributed by atoms with Crippen molar-refractivity contribution in [1.82, 2.24) is 0 Å². The van der Waals surface area contributed by atoms with Crippen molar-refractivity contribution in [2.24, 2.45) is 0 Å². The van der Waals surface area contributed by atoms with Gasteiger partial charge in [0, 0.05) is 0 Å². The molecule has 0 fully saturated rings. The molecule has 23 heavy (non-hydrogen) atoms. The fourth-order valence-corrected chi connectivity index (χ4v) is 1.39. The second kappa shape index (κ2) is 14.9. The summed E-state index contributed by atoms with van der Waals surface area (Å²) < 4.78 is 0. The van der Waals surface area contributed by atoms with Gasteiger partial charge in [-0.2, -0.15) is 0 Å². The molecule has 4 nitrogen and oxygen atoms in total. The quantitative estimate of drug-likeness (QED) is 0.557. The summed E-state index contributed by atoms with van der Waals surface area (Å²) in [5, 5.41) is 9.19. The zero-order valence-electron chi connectivity index (χ0n) is 17.8. The summed E-state index contributed by atoms with van der Waals surface area (Å²) in [4.78, 5) is 2.95. The van der Waals surface area contributed by atoms with Gasteiger partial charge in [0.1, 0.15) is 0 Å². The molecule has 0 aromatic rings. The van der Waals surface area contributed by atoms with Gasteiger partial charge in [-0.25, -0.2) is 0 Å². The summed E-state index contributed by atoms with van der Waals surface area (Å²) in [5.41, 5.74) is 0.380. The molecule has 0 aromatic carbocycles. The molecule has 0 rings (SSSR count). The predicted octanol–water partition coefficient (Wildman–Crippen LogP) is 1.01. The minimum absolute atomic E-state index is 0. The van der Waals surface area contributed by atoms with Gasteiger partial charge in [0.2, 0.25) is 0 Å². The van der Waals surface area contributed by atoms with Crippen LogP contribution in [0.1, 0.15) is 54.4 Å². The Hall–Kier alpha value is 0.606. The number of quaternary nitrogens is 2. The standard InChI is InChI=1S/2C9H21N2.Mg/c2*1-6-9(2,3)10-7-8-11(4)5;/h2*6-8H2,1-5H3;/q2*-1;+2/p+2. The van der Waals surface area contributed by atoms with Gasteiger partial charge in [0.25, 0.3) is 0 Å². The van der Waals surface area contributed by atoms with Crippen LogP contribution in [-0.4, -0.2) is 88.5 Å². The zero-order chi connectivity index (χ0) is 17.8. The van der Waals surface area contributed by atoms with Gasteiger partial charge in [0.15, 0.2) is 0 Å². The number of likely N-dealkylation sites (N-methyl/N-ethyl adjacent to an activating group) is 2. The van der Waals surface area contributed by atoms with E-state index >= 15 is 0 Å². The average Bonchev–Trinajstić information content (AvgIpc) is 2.38. The monoisotopic (exact) mass is 340 g/mol. The van der Waals surface area contributed by atoms with Crippen LogP contribution < -0.4 is 9.80 Å². The molecule has 0 aliphatic carbocycles. The van der Waals surface area contributed by atoms with Crippen LogP contribution in [0.15, 0.2) is 0 Å². The number of nitrogens with zero attached hydrogens (tertiary/aromatic N) is 2. The first kappa shape index (κ1) is 28.4. The van der Waals surface area contributed by atoms with Crippen molar-refractivity contribution < 1.29 is 9.80 Å². The summed E-state index contributed by atoms with van der Waals surface area (Å²) in [6.07, 6.45) is 2.27. The fraction of sp³-hybridized carbons (Fsp3) is 1.00. The predicted molar refractivity (Wildman–Crippen MR) is 106 cm³/mol. The summed E-state index contributed by atoms with van der Waals surface area (Å²) in [5.74, 6) is 0. The van der Waals surface area contributed by atoms with E-state index < -0.39 is 0 Å².